The van der Waals surface area contributed by atoms with Gasteiger partial charge in [0.15, 0.2) is 5.65 Å². The number of rotatable bonds is 6. The van der Waals surface area contributed by atoms with Gasteiger partial charge in [-0.1, -0.05) is 60.3 Å². The number of benzene rings is 2. The van der Waals surface area contributed by atoms with Gasteiger partial charge in [-0.25, -0.2) is 14.6 Å². The maximum absolute atomic E-state index is 12.8. The van der Waals surface area contributed by atoms with E-state index in [0.717, 1.165) is 33.0 Å². The Hall–Kier alpha value is -3.98. The maximum atomic E-state index is 12.8. The van der Waals surface area contributed by atoms with Crippen molar-refractivity contribution in [3.8, 4) is 16.9 Å². The van der Waals surface area contributed by atoms with Gasteiger partial charge >= 0.3 is 0 Å². The largest absolute Gasteiger partial charge is 0.310 e. The fourth-order valence-corrected chi connectivity index (χ4v) is 4.12. The summed E-state index contributed by atoms with van der Waals surface area (Å²) in [7, 11) is 1.82. The molecule has 8 nitrogen and oxygen atoms in total. The van der Waals surface area contributed by atoms with Gasteiger partial charge in [0.2, 0.25) is 5.91 Å². The Morgan fingerprint density at radius 3 is 2.56 bits per heavy atom. The number of aromatic nitrogens is 6. The molecule has 5 aromatic rings. The third-order valence-corrected chi connectivity index (χ3v) is 5.89. The lowest BCUT2D eigenvalue weighted by atomic mass is 10.2. The van der Waals surface area contributed by atoms with Crippen molar-refractivity contribution in [2.45, 2.75) is 5.03 Å². The summed E-state index contributed by atoms with van der Waals surface area (Å²) in [5.41, 5.74) is 3.36. The first-order valence-corrected chi connectivity index (χ1v) is 10.9. The third kappa shape index (κ3) is 3.97. The van der Waals surface area contributed by atoms with Crippen LogP contribution in [0.4, 0.5) is 5.82 Å². The van der Waals surface area contributed by atoms with E-state index in [0.29, 0.717) is 5.82 Å². The molecule has 2 aromatic carbocycles. The van der Waals surface area contributed by atoms with E-state index < -0.39 is 0 Å². The van der Waals surface area contributed by atoms with Crippen molar-refractivity contribution in [1.29, 1.82) is 0 Å². The molecule has 0 aliphatic heterocycles. The second kappa shape index (κ2) is 8.64. The van der Waals surface area contributed by atoms with Crippen molar-refractivity contribution in [1.82, 2.24) is 29.5 Å². The first kappa shape index (κ1) is 20.0. The molecule has 158 valence electrons. The highest BCUT2D eigenvalue weighted by atomic mass is 32.2. The van der Waals surface area contributed by atoms with Gasteiger partial charge in [-0.3, -0.25) is 9.48 Å². The standard InChI is InChI=1S/C23H19N7OS/c1-29-22-18(13-26-29)23(25-15-24-22)32-14-21(31)27-20-12-19(16-8-4-2-5-9-16)28-30(20)17-10-6-3-7-11-17/h2-13,15H,14H2,1H3,(H,27,31). The number of hydrogen-bond acceptors (Lipinski definition) is 6. The highest BCUT2D eigenvalue weighted by Crippen LogP contribution is 2.26. The van der Waals surface area contributed by atoms with Crippen molar-refractivity contribution in [3.63, 3.8) is 0 Å². The van der Waals surface area contributed by atoms with Crippen molar-refractivity contribution < 1.29 is 4.79 Å². The monoisotopic (exact) mass is 441 g/mol. The maximum Gasteiger partial charge on any atom is 0.235 e. The number of aryl methyl sites for hydroxylation is 1. The first-order chi connectivity index (χ1) is 15.7. The average molecular weight is 442 g/mol. The van der Waals surface area contributed by atoms with Crippen LogP contribution in [0.15, 0.2) is 84.3 Å². The SMILES string of the molecule is Cn1ncc2c(SCC(=O)Nc3cc(-c4ccccc4)nn3-c3ccccc3)ncnc21. The molecule has 0 bridgehead atoms. The number of fused-ring (bicyclic) bond motifs is 1. The molecule has 3 heterocycles. The van der Waals surface area contributed by atoms with Crippen LogP contribution in [0.25, 0.3) is 28.0 Å². The summed E-state index contributed by atoms with van der Waals surface area (Å²) in [5.74, 6) is 0.652. The first-order valence-electron chi connectivity index (χ1n) is 9.95. The molecule has 0 fully saturated rings. The molecule has 0 spiro atoms. The van der Waals surface area contributed by atoms with Crippen molar-refractivity contribution in [2.75, 3.05) is 11.1 Å². The Morgan fingerprint density at radius 1 is 1.03 bits per heavy atom. The van der Waals surface area contributed by atoms with Crippen molar-refractivity contribution in [2.24, 2.45) is 7.05 Å². The Bertz CT molecular complexity index is 1380. The van der Waals surface area contributed by atoms with Gasteiger partial charge in [0.05, 0.1) is 28.7 Å². The van der Waals surface area contributed by atoms with Gasteiger partial charge in [-0.2, -0.15) is 10.2 Å². The molecule has 3 aromatic heterocycles. The molecule has 0 unspecified atom stereocenters. The van der Waals surface area contributed by atoms with E-state index in [9.17, 15) is 4.79 Å². The van der Waals surface area contributed by atoms with Gasteiger partial charge < -0.3 is 5.32 Å². The Kier molecular flexibility index (Phi) is 5.39. The summed E-state index contributed by atoms with van der Waals surface area (Å²) < 4.78 is 3.43. The molecule has 0 saturated carbocycles. The summed E-state index contributed by atoms with van der Waals surface area (Å²) in [4.78, 5) is 21.4. The molecule has 1 N–H and O–H groups in total. The minimum atomic E-state index is -0.151. The smallest absolute Gasteiger partial charge is 0.235 e. The number of carbonyl (C=O) groups excluding carboxylic acids is 1. The van der Waals surface area contributed by atoms with E-state index in [1.165, 1.54) is 18.1 Å². The molecule has 9 heteroatoms. The van der Waals surface area contributed by atoms with E-state index in [1.807, 2.05) is 73.8 Å². The number of hydrogen-bond donors (Lipinski definition) is 1. The number of anilines is 1. The van der Waals surface area contributed by atoms with Crippen LogP contribution in [-0.2, 0) is 11.8 Å². The molecule has 32 heavy (non-hydrogen) atoms. The number of nitrogens with one attached hydrogen (secondary N) is 1. The van der Waals surface area contributed by atoms with Crippen LogP contribution in [-0.4, -0.2) is 41.2 Å². The van der Waals surface area contributed by atoms with Crippen LogP contribution >= 0.6 is 11.8 Å². The molecule has 0 radical (unpaired) electrons. The number of nitrogens with zero attached hydrogens (tertiary/aromatic N) is 6. The van der Waals surface area contributed by atoms with E-state index >= 15 is 0 Å². The number of para-hydroxylation sites is 1. The highest BCUT2D eigenvalue weighted by Gasteiger charge is 2.15. The fourth-order valence-electron chi connectivity index (χ4n) is 3.35. The summed E-state index contributed by atoms with van der Waals surface area (Å²) in [6, 6.07) is 21.5. The van der Waals surface area contributed by atoms with E-state index in [2.05, 4.69) is 20.4 Å². The summed E-state index contributed by atoms with van der Waals surface area (Å²) in [6.45, 7) is 0. The molecule has 0 aliphatic rings. The third-order valence-electron chi connectivity index (χ3n) is 4.88. The van der Waals surface area contributed by atoms with Crippen LogP contribution in [0.5, 0.6) is 0 Å². The predicted molar refractivity (Wildman–Crippen MR) is 125 cm³/mol. The van der Waals surface area contributed by atoms with Crippen LogP contribution in [0.2, 0.25) is 0 Å². The lowest BCUT2D eigenvalue weighted by molar-refractivity contribution is -0.113. The predicted octanol–water partition coefficient (Wildman–Crippen LogP) is 3.95. The van der Waals surface area contributed by atoms with Gasteiger partial charge in [0, 0.05) is 18.7 Å². The van der Waals surface area contributed by atoms with Crippen LogP contribution in [0.1, 0.15) is 0 Å². The normalized spacial score (nSPS) is 11.0. The second-order valence-corrected chi connectivity index (χ2v) is 8.01. The summed E-state index contributed by atoms with van der Waals surface area (Å²) in [6.07, 6.45) is 3.20. The fraction of sp³-hybridized carbons (Fsp3) is 0.0870. The molecule has 0 atom stereocenters. The summed E-state index contributed by atoms with van der Waals surface area (Å²) >= 11 is 1.35. The lowest BCUT2D eigenvalue weighted by Gasteiger charge is -2.08. The quantitative estimate of drug-likeness (QED) is 0.317. The molecule has 0 aliphatic carbocycles. The second-order valence-electron chi connectivity index (χ2n) is 7.05. The van der Waals surface area contributed by atoms with Gasteiger partial charge in [0.25, 0.3) is 0 Å². The van der Waals surface area contributed by atoms with Gasteiger partial charge in [-0.05, 0) is 12.1 Å². The van der Waals surface area contributed by atoms with E-state index in [4.69, 9.17) is 5.10 Å². The number of thioether (sulfide) groups is 1. The topological polar surface area (TPSA) is 90.5 Å². The zero-order valence-corrected chi connectivity index (χ0v) is 18.0. The molecular weight excluding hydrogens is 422 g/mol. The van der Waals surface area contributed by atoms with Gasteiger partial charge in [0.1, 0.15) is 17.2 Å². The molecule has 0 saturated heterocycles. The van der Waals surface area contributed by atoms with E-state index in [-0.39, 0.29) is 11.7 Å². The van der Waals surface area contributed by atoms with Crippen molar-refractivity contribution >= 4 is 34.5 Å². The summed E-state index contributed by atoms with van der Waals surface area (Å²) in [5, 5.41) is 13.5. The number of carbonyl (C=O) groups is 1. The highest BCUT2D eigenvalue weighted by molar-refractivity contribution is 8.00. The molecule has 1 amide bonds. The van der Waals surface area contributed by atoms with E-state index in [1.54, 1.807) is 15.6 Å². The average Bonchev–Trinajstić information content (AvgIpc) is 3.43. The van der Waals surface area contributed by atoms with Crippen LogP contribution in [0, 0.1) is 0 Å². The Labute approximate surface area is 188 Å². The Balaban J connectivity index is 1.39. The zero-order chi connectivity index (χ0) is 21.9. The Morgan fingerprint density at radius 2 is 1.78 bits per heavy atom. The minimum absolute atomic E-state index is 0.151. The number of amides is 1. The van der Waals surface area contributed by atoms with Crippen LogP contribution in [0.3, 0.4) is 0 Å². The van der Waals surface area contributed by atoms with Crippen LogP contribution < -0.4 is 5.32 Å². The molecule has 5 rings (SSSR count). The van der Waals surface area contributed by atoms with Crippen molar-refractivity contribution in [3.05, 3.63) is 79.3 Å². The zero-order valence-electron chi connectivity index (χ0n) is 17.2. The van der Waals surface area contributed by atoms with Gasteiger partial charge in [-0.15, -0.1) is 0 Å². The minimum Gasteiger partial charge on any atom is -0.310 e. The molecular formula is C23H19N7OS. The lowest BCUT2D eigenvalue weighted by Crippen LogP contribution is -2.17.